The maximum absolute atomic E-state index is 16.1. The number of ether oxygens (including phenoxy) is 2. The van der Waals surface area contributed by atoms with Gasteiger partial charge in [0.1, 0.15) is 29.8 Å². The lowest BCUT2D eigenvalue weighted by molar-refractivity contribution is -0.139. The zero-order chi connectivity index (χ0) is 30.2. The number of nitrogens with zero attached hydrogens (tertiary/aromatic N) is 2. The normalized spacial score (nSPS) is 26.0. The van der Waals surface area contributed by atoms with Crippen LogP contribution in [0.1, 0.15) is 33.4 Å². The number of halogens is 2. The fourth-order valence-corrected chi connectivity index (χ4v) is 6.87. The molecule has 41 heavy (non-hydrogen) atoms. The maximum atomic E-state index is 16.1. The summed E-state index contributed by atoms with van der Waals surface area (Å²) < 4.78 is 74.7. The molecule has 0 aliphatic carbocycles. The van der Waals surface area contributed by atoms with Crippen LogP contribution in [0, 0.1) is 0 Å². The molecule has 226 valence electrons. The van der Waals surface area contributed by atoms with Gasteiger partial charge in [0, 0.05) is 12.6 Å². The van der Waals surface area contributed by atoms with Gasteiger partial charge in [-0.3, -0.25) is 13.9 Å². The minimum atomic E-state index is -4.36. The van der Waals surface area contributed by atoms with Gasteiger partial charge in [-0.2, -0.15) is 18.9 Å². The van der Waals surface area contributed by atoms with Crippen molar-refractivity contribution in [3.63, 3.8) is 0 Å². The summed E-state index contributed by atoms with van der Waals surface area (Å²) in [5, 5.41) is 2.11. The molecule has 0 radical (unpaired) electrons. The number of carbonyl (C=O) groups excluding carboxylic acids is 1. The van der Waals surface area contributed by atoms with E-state index in [4.69, 9.17) is 28.7 Å². The van der Waals surface area contributed by atoms with Crippen molar-refractivity contribution in [3.8, 4) is 5.75 Å². The Morgan fingerprint density at radius 3 is 2.49 bits per heavy atom. The van der Waals surface area contributed by atoms with Crippen LogP contribution < -0.4 is 21.0 Å². The van der Waals surface area contributed by atoms with E-state index in [1.807, 2.05) is 20.8 Å². The minimum Gasteiger partial charge on any atom is -0.464 e. The van der Waals surface area contributed by atoms with Gasteiger partial charge in [-0.25, -0.2) is 9.36 Å². The number of alkyl halides is 2. The van der Waals surface area contributed by atoms with Gasteiger partial charge in [-0.15, -0.1) is 0 Å². The number of carbonyl (C=O) groups is 1. The predicted octanol–water partition coefficient (Wildman–Crippen LogP) is 3.86. The van der Waals surface area contributed by atoms with E-state index in [0.29, 0.717) is 4.57 Å². The second kappa shape index (κ2) is 11.5. The molecular formula is C25H35F2N4O8PSi. The molecule has 0 amide bonds. The van der Waals surface area contributed by atoms with Crippen molar-refractivity contribution in [2.75, 3.05) is 18.9 Å². The Morgan fingerprint density at radius 1 is 1.22 bits per heavy atom. The lowest BCUT2D eigenvalue weighted by atomic mass is 10.1. The zero-order valence-corrected chi connectivity index (χ0v) is 25.3. The number of nitrogens with one attached hydrogen (secondary N) is 1. The van der Waals surface area contributed by atoms with Crippen molar-refractivity contribution in [3.05, 3.63) is 53.1 Å². The smallest absolute Gasteiger partial charge is 0.459 e. The molecule has 2 aromatic rings. The summed E-state index contributed by atoms with van der Waals surface area (Å²) in [6.45, 7) is 8.66. The van der Waals surface area contributed by atoms with E-state index in [-0.39, 0.29) is 24.6 Å². The summed E-state index contributed by atoms with van der Waals surface area (Å²) in [4.78, 5) is 28.1. The van der Waals surface area contributed by atoms with Crippen LogP contribution in [-0.4, -0.2) is 61.2 Å². The van der Waals surface area contributed by atoms with E-state index in [2.05, 4.69) is 10.1 Å². The molecule has 5 atom stereocenters. The second-order valence-electron chi connectivity index (χ2n) is 11.4. The Bertz CT molecular complexity index is 1360. The largest absolute Gasteiger partial charge is 0.464 e. The predicted molar refractivity (Wildman–Crippen MR) is 147 cm³/mol. The third-order valence-corrected chi connectivity index (χ3v) is 13.3. The summed E-state index contributed by atoms with van der Waals surface area (Å²) in [5.41, 5.74) is 4.50. The van der Waals surface area contributed by atoms with Gasteiger partial charge in [0.2, 0.25) is 6.23 Å². The lowest BCUT2D eigenvalue weighted by Gasteiger charge is -2.40. The number of cyclic esters (lactones) is 1. The number of aromatic nitrogens is 2. The number of nitrogen functional groups attached to an aromatic ring is 1. The fraction of sp³-hybridized carbons (Fsp3) is 0.560. The number of para-hydroxylation sites is 1. The molecule has 2 aliphatic rings. The highest BCUT2D eigenvalue weighted by Crippen LogP contribution is 2.50. The van der Waals surface area contributed by atoms with Crippen molar-refractivity contribution in [1.29, 1.82) is 0 Å². The number of esters is 1. The van der Waals surface area contributed by atoms with Crippen molar-refractivity contribution >= 4 is 27.9 Å². The SMILES string of the molecule is CC(C)(C)[Si](C)(C)O[C@@H]1[C@@H](COP(=O)(N[C@H]2CCOC2=O)Oc2ccccc2)O[C@@H](n2ccc(N)nc2=O)C1(F)F. The quantitative estimate of drug-likeness (QED) is 0.227. The zero-order valence-electron chi connectivity index (χ0n) is 23.4. The first-order valence-corrected chi connectivity index (χ1v) is 17.5. The number of anilines is 1. The highest BCUT2D eigenvalue weighted by Gasteiger charge is 2.63. The summed E-state index contributed by atoms with van der Waals surface area (Å²) in [6.07, 6.45) is -4.24. The summed E-state index contributed by atoms with van der Waals surface area (Å²) >= 11 is 0. The Morgan fingerprint density at radius 2 is 1.90 bits per heavy atom. The molecule has 2 fully saturated rings. The standard InChI is InChI=1S/C25H35F2N4O8PSi/c1-24(2,3)41(4,5)39-20-18(37-22(25(20,26)27)31-13-11-19(28)29-23(31)33)15-36-40(34,30-17-12-14-35-21(17)32)38-16-9-7-6-8-10-16/h6-11,13,17-18,20,22H,12,14-15H2,1-5H3,(H,30,34)(H2,28,29,33)/t17-,18+,20+,22+,40?/m0/s1. The van der Waals surface area contributed by atoms with E-state index in [1.165, 1.54) is 18.2 Å². The Labute approximate surface area is 237 Å². The van der Waals surface area contributed by atoms with E-state index >= 15 is 8.78 Å². The molecule has 1 aromatic heterocycles. The highest BCUT2D eigenvalue weighted by atomic mass is 31.2. The Kier molecular flexibility index (Phi) is 8.79. The van der Waals surface area contributed by atoms with Crippen LogP contribution in [0.4, 0.5) is 14.6 Å². The summed E-state index contributed by atoms with van der Waals surface area (Å²) in [7, 11) is -7.20. The van der Waals surface area contributed by atoms with Gasteiger partial charge in [0.15, 0.2) is 8.32 Å². The molecule has 0 bridgehead atoms. The van der Waals surface area contributed by atoms with E-state index in [0.717, 1.165) is 6.20 Å². The first-order chi connectivity index (χ1) is 19.0. The first-order valence-electron chi connectivity index (χ1n) is 13.0. The Balaban J connectivity index is 1.66. The molecular weight excluding hydrogens is 581 g/mol. The van der Waals surface area contributed by atoms with Gasteiger partial charge in [0.25, 0.3) is 0 Å². The van der Waals surface area contributed by atoms with E-state index < -0.39 is 69.8 Å². The number of benzene rings is 1. The van der Waals surface area contributed by atoms with Crippen LogP contribution in [0.5, 0.6) is 5.75 Å². The van der Waals surface area contributed by atoms with Crippen LogP contribution in [-0.2, 0) is 27.8 Å². The molecule has 1 unspecified atom stereocenters. The van der Waals surface area contributed by atoms with Crippen molar-refractivity contribution < 1.29 is 41.1 Å². The fourth-order valence-electron chi connectivity index (χ4n) is 4.03. The second-order valence-corrected chi connectivity index (χ2v) is 17.8. The van der Waals surface area contributed by atoms with Gasteiger partial charge in [-0.05, 0) is 36.3 Å². The van der Waals surface area contributed by atoms with Gasteiger partial charge < -0.3 is 24.2 Å². The van der Waals surface area contributed by atoms with Gasteiger partial charge >= 0.3 is 25.3 Å². The van der Waals surface area contributed by atoms with Crippen LogP contribution in [0.3, 0.4) is 0 Å². The summed E-state index contributed by atoms with van der Waals surface area (Å²) in [6, 6.07) is 8.22. The first kappa shape index (κ1) is 31.3. The molecule has 1 aromatic carbocycles. The van der Waals surface area contributed by atoms with Crippen molar-refractivity contribution in [2.45, 2.75) is 75.7 Å². The van der Waals surface area contributed by atoms with Crippen molar-refractivity contribution in [1.82, 2.24) is 14.6 Å². The number of hydrogen-bond acceptors (Lipinski definition) is 10. The topological polar surface area (TPSA) is 153 Å². The molecule has 16 heteroatoms. The van der Waals surface area contributed by atoms with E-state index in [9.17, 15) is 14.2 Å². The van der Waals surface area contributed by atoms with E-state index in [1.54, 1.807) is 31.3 Å². The third-order valence-electron chi connectivity index (χ3n) is 7.31. The van der Waals surface area contributed by atoms with Crippen molar-refractivity contribution in [2.24, 2.45) is 0 Å². The lowest BCUT2D eigenvalue weighted by Crippen LogP contribution is -2.52. The number of nitrogens with two attached hydrogens (primary N) is 1. The monoisotopic (exact) mass is 616 g/mol. The summed E-state index contributed by atoms with van der Waals surface area (Å²) in [5.74, 6) is -4.38. The molecule has 2 saturated heterocycles. The average Bonchev–Trinajstić information content (AvgIpc) is 3.37. The van der Waals surface area contributed by atoms with Crippen LogP contribution in [0.25, 0.3) is 0 Å². The molecule has 0 spiro atoms. The maximum Gasteiger partial charge on any atom is 0.459 e. The van der Waals surface area contributed by atoms with Gasteiger partial charge in [0.05, 0.1) is 13.2 Å². The number of hydrogen-bond donors (Lipinski definition) is 2. The van der Waals surface area contributed by atoms with Crippen LogP contribution >= 0.6 is 7.75 Å². The molecule has 2 aliphatic heterocycles. The third kappa shape index (κ3) is 6.87. The highest BCUT2D eigenvalue weighted by molar-refractivity contribution is 7.52. The molecule has 3 N–H and O–H groups in total. The average molecular weight is 617 g/mol. The molecule has 12 nitrogen and oxygen atoms in total. The number of rotatable bonds is 10. The van der Waals surface area contributed by atoms with Gasteiger partial charge in [-0.1, -0.05) is 39.0 Å². The molecule has 3 heterocycles. The van der Waals surface area contributed by atoms with Crippen LogP contribution in [0.15, 0.2) is 47.4 Å². The molecule has 0 saturated carbocycles. The minimum absolute atomic E-state index is 0.105. The van der Waals surface area contributed by atoms with Crippen LogP contribution in [0.2, 0.25) is 18.1 Å². The molecule has 4 rings (SSSR count). The Hall–Kier alpha value is -2.68.